The Hall–Kier alpha value is -0.950. The maximum absolute atomic E-state index is 12.8. The molecule has 0 aromatic heterocycles. The zero-order chi connectivity index (χ0) is 18.4. The minimum atomic E-state index is -0.838. The van der Waals surface area contributed by atoms with Gasteiger partial charge in [-0.2, -0.15) is 0 Å². The number of hydrogen-bond donors (Lipinski definition) is 2. The van der Waals surface area contributed by atoms with Crippen LogP contribution in [-0.2, 0) is 26.1 Å². The molecule has 2 N–H and O–H groups in total. The maximum atomic E-state index is 12.8. The van der Waals surface area contributed by atoms with Gasteiger partial charge in [-0.05, 0) is 56.5 Å². The van der Waals surface area contributed by atoms with Crippen molar-refractivity contribution in [3.8, 4) is 0 Å². The standard InChI is InChI=1S/C20H30N2O3S.ClH/c1-25-20(10-12-21-13-11-20)19(23)22-17-7-5-6-16(14-17)15-26(24)18-8-3-2-4-9-18;/h5-7,14,18,21H,2-4,8-13,15H2,1H3,(H,22,23);1H. The second kappa shape index (κ2) is 10.6. The van der Waals surface area contributed by atoms with Crippen LogP contribution in [0.1, 0.15) is 50.5 Å². The summed E-state index contributed by atoms with van der Waals surface area (Å²) < 4.78 is 18.2. The van der Waals surface area contributed by atoms with E-state index in [1.807, 2.05) is 24.3 Å². The Morgan fingerprint density at radius 1 is 1.26 bits per heavy atom. The number of carbonyl (C=O) groups excluding carboxylic acids is 1. The summed E-state index contributed by atoms with van der Waals surface area (Å²) in [6.07, 6.45) is 7.15. The first-order valence-electron chi connectivity index (χ1n) is 9.66. The van der Waals surface area contributed by atoms with E-state index < -0.39 is 16.4 Å². The molecule has 1 saturated carbocycles. The number of rotatable bonds is 6. The molecule has 1 aliphatic carbocycles. The zero-order valence-corrected chi connectivity index (χ0v) is 17.6. The first-order chi connectivity index (χ1) is 12.6. The van der Waals surface area contributed by atoms with Crippen molar-refractivity contribution in [1.82, 2.24) is 5.32 Å². The van der Waals surface area contributed by atoms with Gasteiger partial charge in [-0.25, -0.2) is 0 Å². The molecule has 0 spiro atoms. The second-order valence-electron chi connectivity index (χ2n) is 7.39. The quantitative estimate of drug-likeness (QED) is 0.748. The second-order valence-corrected chi connectivity index (χ2v) is 9.10. The number of nitrogens with one attached hydrogen (secondary N) is 2. The molecule has 1 amide bonds. The molecular formula is C20H31ClN2O3S. The number of methoxy groups -OCH3 is 1. The molecule has 0 bridgehead atoms. The summed E-state index contributed by atoms with van der Waals surface area (Å²) >= 11 is 0. The van der Waals surface area contributed by atoms with Crippen molar-refractivity contribution >= 4 is 34.8 Å². The van der Waals surface area contributed by atoms with E-state index in [0.717, 1.165) is 37.2 Å². The van der Waals surface area contributed by atoms with Crippen LogP contribution < -0.4 is 10.6 Å². The molecule has 1 aliphatic heterocycles. The number of ether oxygens (including phenoxy) is 1. The third kappa shape index (κ3) is 5.76. The lowest BCUT2D eigenvalue weighted by atomic mass is 9.91. The average Bonchev–Trinajstić information content (AvgIpc) is 2.69. The van der Waals surface area contributed by atoms with Gasteiger partial charge < -0.3 is 15.4 Å². The number of hydrogen-bond acceptors (Lipinski definition) is 4. The highest BCUT2D eigenvalue weighted by Gasteiger charge is 2.39. The summed E-state index contributed by atoms with van der Waals surface area (Å²) in [5.74, 6) is 0.473. The van der Waals surface area contributed by atoms with Crippen molar-refractivity contribution < 1.29 is 13.7 Å². The molecule has 1 unspecified atom stereocenters. The third-order valence-corrected chi connectivity index (χ3v) is 7.47. The van der Waals surface area contributed by atoms with Crippen LogP contribution in [-0.4, -0.2) is 41.2 Å². The normalized spacial score (nSPS) is 21.1. The van der Waals surface area contributed by atoms with Gasteiger partial charge in [-0.3, -0.25) is 9.00 Å². The van der Waals surface area contributed by atoms with Crippen LogP contribution in [0.15, 0.2) is 24.3 Å². The van der Waals surface area contributed by atoms with E-state index in [0.29, 0.717) is 23.8 Å². The number of halogens is 1. The fraction of sp³-hybridized carbons (Fsp3) is 0.650. The predicted octanol–water partition coefficient (Wildman–Crippen LogP) is 3.40. The van der Waals surface area contributed by atoms with Gasteiger partial charge in [-0.1, -0.05) is 31.4 Å². The number of carbonyl (C=O) groups is 1. The van der Waals surface area contributed by atoms with E-state index in [9.17, 15) is 9.00 Å². The smallest absolute Gasteiger partial charge is 0.256 e. The summed E-state index contributed by atoms with van der Waals surface area (Å²) in [6, 6.07) is 7.75. The van der Waals surface area contributed by atoms with E-state index in [-0.39, 0.29) is 18.3 Å². The molecule has 0 radical (unpaired) electrons. The summed E-state index contributed by atoms with van der Waals surface area (Å²) in [5, 5.41) is 6.59. The lowest BCUT2D eigenvalue weighted by Crippen LogP contribution is -2.51. The van der Waals surface area contributed by atoms with Crippen LogP contribution in [0.25, 0.3) is 0 Å². The zero-order valence-electron chi connectivity index (χ0n) is 16.0. The fourth-order valence-corrected chi connectivity index (χ4v) is 5.55. The van der Waals surface area contributed by atoms with Crippen LogP contribution in [0.2, 0.25) is 0 Å². The van der Waals surface area contributed by atoms with Gasteiger partial charge in [0.25, 0.3) is 5.91 Å². The van der Waals surface area contributed by atoms with Crippen LogP contribution in [0.4, 0.5) is 5.69 Å². The lowest BCUT2D eigenvalue weighted by molar-refractivity contribution is -0.140. The number of anilines is 1. The van der Waals surface area contributed by atoms with Crippen molar-refractivity contribution in [1.29, 1.82) is 0 Å². The Labute approximate surface area is 170 Å². The highest BCUT2D eigenvalue weighted by molar-refractivity contribution is 7.84. The SMILES string of the molecule is COC1(C(=O)Nc2cccc(CS(=O)C3CCCCC3)c2)CCNCC1.Cl. The van der Waals surface area contributed by atoms with Crippen LogP contribution >= 0.6 is 12.4 Å². The van der Waals surface area contributed by atoms with Crippen molar-refractivity contribution in [2.45, 2.75) is 61.5 Å². The summed E-state index contributed by atoms with van der Waals surface area (Å²) in [7, 11) is 0.768. The molecular weight excluding hydrogens is 384 g/mol. The van der Waals surface area contributed by atoms with Gasteiger partial charge in [-0.15, -0.1) is 12.4 Å². The predicted molar refractivity (Wildman–Crippen MR) is 113 cm³/mol. The van der Waals surface area contributed by atoms with Crippen LogP contribution in [0, 0.1) is 0 Å². The number of amides is 1. The minimum Gasteiger partial charge on any atom is -0.368 e. The molecule has 1 atom stereocenters. The molecule has 5 nitrogen and oxygen atoms in total. The summed E-state index contributed by atoms with van der Waals surface area (Å²) in [5.41, 5.74) is 1.01. The average molecular weight is 415 g/mol. The molecule has 1 aromatic carbocycles. The molecule has 2 aliphatic rings. The number of benzene rings is 1. The first kappa shape index (κ1) is 22.3. The Balaban J connectivity index is 0.00000261. The van der Waals surface area contributed by atoms with Gasteiger partial charge in [0.2, 0.25) is 0 Å². The van der Waals surface area contributed by atoms with E-state index in [1.54, 1.807) is 7.11 Å². The molecule has 1 aromatic rings. The van der Waals surface area contributed by atoms with Gasteiger partial charge in [0.05, 0.1) is 0 Å². The lowest BCUT2D eigenvalue weighted by Gasteiger charge is -2.34. The fourth-order valence-electron chi connectivity index (χ4n) is 3.95. The topological polar surface area (TPSA) is 67.4 Å². The van der Waals surface area contributed by atoms with Gasteiger partial charge in [0, 0.05) is 34.6 Å². The minimum absolute atomic E-state index is 0. The van der Waals surface area contributed by atoms with Crippen molar-refractivity contribution in [3.63, 3.8) is 0 Å². The highest BCUT2D eigenvalue weighted by atomic mass is 35.5. The highest BCUT2D eigenvalue weighted by Crippen LogP contribution is 2.26. The Bertz CT molecular complexity index is 644. The van der Waals surface area contributed by atoms with Crippen molar-refractivity contribution in [2.24, 2.45) is 0 Å². The van der Waals surface area contributed by atoms with Crippen LogP contribution in [0.3, 0.4) is 0 Å². The van der Waals surface area contributed by atoms with E-state index in [4.69, 9.17) is 4.74 Å². The Morgan fingerprint density at radius 2 is 1.96 bits per heavy atom. The molecule has 1 heterocycles. The largest absolute Gasteiger partial charge is 0.368 e. The van der Waals surface area contributed by atoms with Crippen molar-refractivity contribution in [2.75, 3.05) is 25.5 Å². The van der Waals surface area contributed by atoms with Crippen molar-refractivity contribution in [3.05, 3.63) is 29.8 Å². The van der Waals surface area contributed by atoms with E-state index in [2.05, 4.69) is 10.6 Å². The van der Waals surface area contributed by atoms with E-state index >= 15 is 0 Å². The Morgan fingerprint density at radius 3 is 2.63 bits per heavy atom. The Kier molecular flexibility index (Phi) is 8.73. The summed E-state index contributed by atoms with van der Waals surface area (Å²) in [6.45, 7) is 1.56. The van der Waals surface area contributed by atoms with Gasteiger partial charge in [0.1, 0.15) is 5.60 Å². The molecule has 7 heteroatoms. The maximum Gasteiger partial charge on any atom is 0.256 e. The van der Waals surface area contributed by atoms with E-state index in [1.165, 1.54) is 19.3 Å². The monoisotopic (exact) mass is 414 g/mol. The molecule has 152 valence electrons. The molecule has 27 heavy (non-hydrogen) atoms. The molecule has 2 fully saturated rings. The molecule has 3 rings (SSSR count). The number of piperidine rings is 1. The first-order valence-corrected chi connectivity index (χ1v) is 11.0. The summed E-state index contributed by atoms with van der Waals surface area (Å²) in [4.78, 5) is 12.8. The van der Waals surface area contributed by atoms with Crippen LogP contribution in [0.5, 0.6) is 0 Å². The van der Waals surface area contributed by atoms with Gasteiger partial charge in [0.15, 0.2) is 0 Å². The molecule has 1 saturated heterocycles. The van der Waals surface area contributed by atoms with Gasteiger partial charge >= 0.3 is 0 Å². The third-order valence-electron chi connectivity index (χ3n) is 5.63.